The topological polar surface area (TPSA) is 39.1 Å². The first-order valence-corrected chi connectivity index (χ1v) is 3.69. The molecule has 11 heavy (non-hydrogen) atoms. The summed E-state index contributed by atoms with van der Waals surface area (Å²) in [6.07, 6.45) is 0. The van der Waals surface area contributed by atoms with Gasteiger partial charge in [-0.25, -0.2) is 0 Å². The van der Waals surface area contributed by atoms with Gasteiger partial charge in [-0.15, -0.1) is 5.10 Å². The summed E-state index contributed by atoms with van der Waals surface area (Å²) < 4.78 is 7.15. The molecule has 2 rings (SSSR count). The van der Waals surface area contributed by atoms with Gasteiger partial charge in [-0.3, -0.25) is 4.68 Å². The van der Waals surface area contributed by atoms with Crippen LogP contribution in [0.4, 0.5) is 5.69 Å². The minimum absolute atomic E-state index is 0.712. The zero-order chi connectivity index (χ0) is 7.84. The quantitative estimate of drug-likeness (QED) is 0.591. The molecule has 0 saturated carbocycles. The van der Waals surface area contributed by atoms with E-state index in [0.717, 1.165) is 23.8 Å². The lowest BCUT2D eigenvalue weighted by atomic mass is 10.3. The Morgan fingerprint density at radius 2 is 2.45 bits per heavy atom. The van der Waals surface area contributed by atoms with E-state index in [-0.39, 0.29) is 0 Å². The number of rotatable bonds is 0. The fraction of sp³-hybridized carbons (Fsp3) is 0.571. The van der Waals surface area contributed by atoms with E-state index in [4.69, 9.17) is 4.74 Å². The third kappa shape index (κ3) is 0.859. The Labute approximate surface area is 65.2 Å². The molecule has 0 radical (unpaired) electrons. The molecule has 4 heteroatoms. The molecule has 0 aromatic carbocycles. The average molecular weight is 153 g/mol. The van der Waals surface area contributed by atoms with Crippen LogP contribution >= 0.6 is 0 Å². The second-order valence-electron chi connectivity index (χ2n) is 2.66. The summed E-state index contributed by atoms with van der Waals surface area (Å²) in [5.41, 5.74) is 2.17. The molecule has 0 unspecified atom stereocenters. The Morgan fingerprint density at radius 3 is 3.18 bits per heavy atom. The monoisotopic (exact) mass is 153 g/mol. The first-order chi connectivity index (χ1) is 5.29. The van der Waals surface area contributed by atoms with E-state index in [1.807, 2.05) is 18.7 Å². The van der Waals surface area contributed by atoms with E-state index in [1.54, 1.807) is 0 Å². The molecule has 1 aliphatic rings. The van der Waals surface area contributed by atoms with Crippen LogP contribution < -0.4 is 10.1 Å². The molecular formula is C7H11N3O. The van der Waals surface area contributed by atoms with Crippen LogP contribution in [-0.4, -0.2) is 22.9 Å². The smallest absolute Gasteiger partial charge is 0.256 e. The summed E-state index contributed by atoms with van der Waals surface area (Å²) in [6, 6.07) is 0. The Hall–Kier alpha value is -1.19. The highest BCUT2D eigenvalue weighted by Gasteiger charge is 2.16. The number of nitrogens with one attached hydrogen (secondary N) is 1. The maximum atomic E-state index is 5.33. The summed E-state index contributed by atoms with van der Waals surface area (Å²) in [4.78, 5) is 0. The average Bonchev–Trinajstić information content (AvgIpc) is 2.30. The van der Waals surface area contributed by atoms with Crippen LogP contribution in [0.25, 0.3) is 0 Å². The second kappa shape index (κ2) is 2.15. The van der Waals surface area contributed by atoms with Crippen LogP contribution in [0.5, 0.6) is 5.88 Å². The minimum atomic E-state index is 0.712. The van der Waals surface area contributed by atoms with Crippen LogP contribution in [0.3, 0.4) is 0 Å². The highest BCUT2D eigenvalue weighted by Crippen LogP contribution is 2.28. The molecule has 0 atom stereocenters. The molecule has 0 fully saturated rings. The molecule has 4 nitrogen and oxygen atoms in total. The maximum absolute atomic E-state index is 5.33. The second-order valence-corrected chi connectivity index (χ2v) is 2.66. The number of aryl methyl sites for hydroxylation is 1. The van der Waals surface area contributed by atoms with Gasteiger partial charge in [0.05, 0.1) is 5.69 Å². The van der Waals surface area contributed by atoms with Crippen molar-refractivity contribution in [1.82, 2.24) is 9.78 Å². The van der Waals surface area contributed by atoms with Crippen molar-refractivity contribution in [1.29, 1.82) is 0 Å². The normalized spacial score (nSPS) is 15.1. The number of ether oxygens (including phenoxy) is 1. The zero-order valence-corrected chi connectivity index (χ0v) is 6.72. The largest absolute Gasteiger partial charge is 0.473 e. The Bertz CT molecular complexity index is 279. The van der Waals surface area contributed by atoms with Crippen molar-refractivity contribution in [2.24, 2.45) is 7.05 Å². The standard InChI is InChI=1S/C7H11N3O/c1-5-6-7(9-10(5)2)11-4-3-8-6/h8H,3-4H2,1-2H3. The first kappa shape index (κ1) is 6.52. The van der Waals surface area contributed by atoms with Gasteiger partial charge < -0.3 is 10.1 Å². The van der Waals surface area contributed by atoms with Gasteiger partial charge in [0.25, 0.3) is 5.88 Å². The highest BCUT2D eigenvalue weighted by atomic mass is 16.5. The van der Waals surface area contributed by atoms with Gasteiger partial charge in [0.2, 0.25) is 0 Å². The summed E-state index contributed by atoms with van der Waals surface area (Å²) >= 11 is 0. The Morgan fingerprint density at radius 1 is 1.64 bits per heavy atom. The van der Waals surface area contributed by atoms with Crippen molar-refractivity contribution >= 4 is 5.69 Å². The van der Waals surface area contributed by atoms with Gasteiger partial charge in [-0.1, -0.05) is 0 Å². The van der Waals surface area contributed by atoms with Crippen molar-refractivity contribution in [3.8, 4) is 5.88 Å². The molecule has 0 amide bonds. The highest BCUT2D eigenvalue weighted by molar-refractivity contribution is 5.57. The molecule has 1 aromatic heterocycles. The van der Waals surface area contributed by atoms with E-state index in [2.05, 4.69) is 10.4 Å². The van der Waals surface area contributed by atoms with Gasteiger partial charge in [-0.05, 0) is 6.92 Å². The lowest BCUT2D eigenvalue weighted by Crippen LogP contribution is -2.17. The van der Waals surface area contributed by atoms with Gasteiger partial charge in [0.1, 0.15) is 12.3 Å². The van der Waals surface area contributed by atoms with Crippen molar-refractivity contribution in [3.05, 3.63) is 5.69 Å². The summed E-state index contributed by atoms with van der Waals surface area (Å²) in [6.45, 7) is 3.61. The number of fused-ring (bicyclic) bond motifs is 1. The van der Waals surface area contributed by atoms with Gasteiger partial charge >= 0.3 is 0 Å². The third-order valence-corrected chi connectivity index (χ3v) is 1.94. The van der Waals surface area contributed by atoms with E-state index in [9.17, 15) is 0 Å². The van der Waals surface area contributed by atoms with Crippen LogP contribution in [-0.2, 0) is 7.05 Å². The molecule has 0 spiro atoms. The third-order valence-electron chi connectivity index (χ3n) is 1.94. The van der Waals surface area contributed by atoms with Gasteiger partial charge in [0, 0.05) is 13.6 Å². The minimum Gasteiger partial charge on any atom is -0.473 e. The molecule has 2 heterocycles. The summed E-state index contributed by atoms with van der Waals surface area (Å²) in [7, 11) is 1.92. The molecular weight excluding hydrogens is 142 g/mol. The number of aromatic nitrogens is 2. The first-order valence-electron chi connectivity index (χ1n) is 3.69. The van der Waals surface area contributed by atoms with E-state index in [1.165, 1.54) is 0 Å². The fourth-order valence-corrected chi connectivity index (χ4v) is 1.21. The maximum Gasteiger partial charge on any atom is 0.256 e. The number of hydrogen-bond donors (Lipinski definition) is 1. The van der Waals surface area contributed by atoms with Crippen molar-refractivity contribution in [2.75, 3.05) is 18.5 Å². The van der Waals surface area contributed by atoms with Crippen molar-refractivity contribution < 1.29 is 4.74 Å². The Balaban J connectivity index is 2.50. The van der Waals surface area contributed by atoms with Gasteiger partial charge in [-0.2, -0.15) is 0 Å². The number of hydrogen-bond acceptors (Lipinski definition) is 3. The van der Waals surface area contributed by atoms with Gasteiger partial charge in [0.15, 0.2) is 0 Å². The lowest BCUT2D eigenvalue weighted by molar-refractivity contribution is 0.308. The molecule has 0 aliphatic carbocycles. The summed E-state index contributed by atoms with van der Waals surface area (Å²) in [5.74, 6) is 0.733. The predicted molar refractivity (Wildman–Crippen MR) is 41.9 cm³/mol. The number of anilines is 1. The van der Waals surface area contributed by atoms with E-state index < -0.39 is 0 Å². The molecule has 0 saturated heterocycles. The lowest BCUT2D eigenvalue weighted by Gasteiger charge is -2.13. The van der Waals surface area contributed by atoms with Crippen LogP contribution in [0.1, 0.15) is 5.69 Å². The Kier molecular flexibility index (Phi) is 1.27. The van der Waals surface area contributed by atoms with E-state index in [0.29, 0.717) is 6.61 Å². The zero-order valence-electron chi connectivity index (χ0n) is 6.72. The molecule has 60 valence electrons. The summed E-state index contributed by atoms with van der Waals surface area (Å²) in [5, 5.41) is 7.43. The number of nitrogens with zero attached hydrogens (tertiary/aromatic N) is 2. The fourth-order valence-electron chi connectivity index (χ4n) is 1.21. The SMILES string of the molecule is Cc1c2c(nn1C)OCCN2. The van der Waals surface area contributed by atoms with Crippen molar-refractivity contribution in [3.63, 3.8) is 0 Å². The van der Waals surface area contributed by atoms with Crippen LogP contribution in [0.2, 0.25) is 0 Å². The molecule has 1 N–H and O–H groups in total. The van der Waals surface area contributed by atoms with E-state index >= 15 is 0 Å². The van der Waals surface area contributed by atoms with Crippen LogP contribution in [0, 0.1) is 6.92 Å². The molecule has 0 bridgehead atoms. The molecule has 1 aromatic rings. The van der Waals surface area contributed by atoms with Crippen LogP contribution in [0.15, 0.2) is 0 Å². The molecule has 1 aliphatic heterocycles. The predicted octanol–water partition coefficient (Wildman–Crippen LogP) is 0.533. The van der Waals surface area contributed by atoms with Crippen molar-refractivity contribution in [2.45, 2.75) is 6.92 Å².